The standard InChI is InChI=1S/C16H17N5O/c17-11-14-4-5-15(20-19-14)21-9-6-13(7-10-21)12-22-16-3-1-2-8-18-16/h1-5,8,13H,6-7,9-10,12H2. The Hall–Kier alpha value is -2.68. The number of anilines is 1. The normalized spacial score (nSPS) is 15.3. The fraction of sp³-hybridized carbons (Fsp3) is 0.375. The maximum absolute atomic E-state index is 8.74. The molecular formula is C16H17N5O. The van der Waals surface area contributed by atoms with Crippen LogP contribution in [-0.4, -0.2) is 34.9 Å². The first-order chi connectivity index (χ1) is 10.8. The van der Waals surface area contributed by atoms with Gasteiger partial charge in [0.1, 0.15) is 6.07 Å². The predicted molar refractivity (Wildman–Crippen MR) is 81.4 cm³/mol. The van der Waals surface area contributed by atoms with Gasteiger partial charge in [0.2, 0.25) is 5.88 Å². The van der Waals surface area contributed by atoms with E-state index in [0.717, 1.165) is 31.7 Å². The summed E-state index contributed by atoms with van der Waals surface area (Å²) in [5, 5.41) is 16.7. The van der Waals surface area contributed by atoms with Crippen LogP contribution in [0.15, 0.2) is 36.5 Å². The molecule has 0 unspecified atom stereocenters. The third-order valence-corrected chi connectivity index (χ3v) is 3.81. The van der Waals surface area contributed by atoms with Gasteiger partial charge in [-0.25, -0.2) is 4.98 Å². The molecule has 0 radical (unpaired) electrons. The van der Waals surface area contributed by atoms with Crippen LogP contribution in [0.25, 0.3) is 0 Å². The van der Waals surface area contributed by atoms with Gasteiger partial charge in [-0.2, -0.15) is 5.26 Å². The molecule has 112 valence electrons. The summed E-state index contributed by atoms with van der Waals surface area (Å²) in [5.41, 5.74) is 0.349. The van der Waals surface area contributed by atoms with Crippen molar-refractivity contribution < 1.29 is 4.74 Å². The molecule has 0 bridgehead atoms. The Morgan fingerprint density at radius 3 is 2.68 bits per heavy atom. The van der Waals surface area contributed by atoms with E-state index in [0.29, 0.717) is 24.1 Å². The zero-order chi connectivity index (χ0) is 15.2. The summed E-state index contributed by atoms with van der Waals surface area (Å²) in [5.74, 6) is 2.05. The summed E-state index contributed by atoms with van der Waals surface area (Å²) in [4.78, 5) is 6.36. The van der Waals surface area contributed by atoms with Crippen molar-refractivity contribution >= 4 is 5.82 Å². The fourth-order valence-corrected chi connectivity index (χ4v) is 2.52. The monoisotopic (exact) mass is 295 g/mol. The molecule has 0 aromatic carbocycles. The number of aromatic nitrogens is 3. The third kappa shape index (κ3) is 3.50. The lowest BCUT2D eigenvalue weighted by Gasteiger charge is -2.32. The first kappa shape index (κ1) is 14.3. The van der Waals surface area contributed by atoms with E-state index in [-0.39, 0.29) is 0 Å². The number of hydrogen-bond acceptors (Lipinski definition) is 6. The van der Waals surface area contributed by atoms with Crippen molar-refractivity contribution in [2.75, 3.05) is 24.6 Å². The summed E-state index contributed by atoms with van der Waals surface area (Å²) < 4.78 is 5.72. The quantitative estimate of drug-likeness (QED) is 0.859. The number of piperidine rings is 1. The van der Waals surface area contributed by atoms with Gasteiger partial charge < -0.3 is 9.64 Å². The van der Waals surface area contributed by atoms with E-state index < -0.39 is 0 Å². The molecule has 1 fully saturated rings. The number of rotatable bonds is 4. The second-order valence-corrected chi connectivity index (χ2v) is 5.30. The molecule has 0 N–H and O–H groups in total. The molecule has 0 saturated carbocycles. The van der Waals surface area contributed by atoms with Crippen LogP contribution in [0.4, 0.5) is 5.82 Å². The molecule has 0 atom stereocenters. The lowest BCUT2D eigenvalue weighted by atomic mass is 9.98. The van der Waals surface area contributed by atoms with Gasteiger partial charge in [-0.05, 0) is 37.0 Å². The molecule has 0 amide bonds. The highest BCUT2D eigenvalue weighted by Gasteiger charge is 2.21. The lowest BCUT2D eigenvalue weighted by molar-refractivity contribution is 0.216. The molecule has 0 aliphatic carbocycles. The molecule has 1 aliphatic heterocycles. The number of nitrogens with zero attached hydrogens (tertiary/aromatic N) is 5. The summed E-state index contributed by atoms with van der Waals surface area (Å²) >= 11 is 0. The average molecular weight is 295 g/mol. The molecule has 6 nitrogen and oxygen atoms in total. The lowest BCUT2D eigenvalue weighted by Crippen LogP contribution is -2.36. The highest BCUT2D eigenvalue weighted by Crippen LogP contribution is 2.22. The van der Waals surface area contributed by atoms with Crippen LogP contribution in [0, 0.1) is 17.2 Å². The first-order valence-electron chi connectivity index (χ1n) is 7.38. The van der Waals surface area contributed by atoms with Crippen LogP contribution in [0.5, 0.6) is 5.88 Å². The van der Waals surface area contributed by atoms with Crippen LogP contribution in [-0.2, 0) is 0 Å². The van der Waals surface area contributed by atoms with E-state index in [1.807, 2.05) is 30.3 Å². The van der Waals surface area contributed by atoms with E-state index in [2.05, 4.69) is 20.1 Å². The molecule has 0 spiro atoms. The van der Waals surface area contributed by atoms with Gasteiger partial charge in [0, 0.05) is 25.4 Å². The van der Waals surface area contributed by atoms with E-state index in [4.69, 9.17) is 10.00 Å². The zero-order valence-electron chi connectivity index (χ0n) is 12.2. The smallest absolute Gasteiger partial charge is 0.213 e. The molecule has 1 saturated heterocycles. The van der Waals surface area contributed by atoms with E-state index in [9.17, 15) is 0 Å². The Bertz CT molecular complexity index is 630. The summed E-state index contributed by atoms with van der Waals surface area (Å²) in [6, 6.07) is 11.2. The molecule has 6 heteroatoms. The molecule has 1 aliphatic rings. The summed E-state index contributed by atoms with van der Waals surface area (Å²) in [6.07, 6.45) is 3.84. The average Bonchev–Trinajstić information content (AvgIpc) is 2.61. The van der Waals surface area contributed by atoms with Gasteiger partial charge >= 0.3 is 0 Å². The Morgan fingerprint density at radius 2 is 2.05 bits per heavy atom. The highest BCUT2D eigenvalue weighted by molar-refractivity contribution is 5.39. The van der Waals surface area contributed by atoms with Crippen molar-refractivity contribution in [3.8, 4) is 11.9 Å². The number of nitriles is 1. The molecule has 3 heterocycles. The van der Waals surface area contributed by atoms with Crippen LogP contribution < -0.4 is 9.64 Å². The Labute approximate surface area is 129 Å². The second kappa shape index (κ2) is 6.85. The van der Waals surface area contributed by atoms with Crippen LogP contribution in [0.1, 0.15) is 18.5 Å². The summed E-state index contributed by atoms with van der Waals surface area (Å²) in [7, 11) is 0. The zero-order valence-corrected chi connectivity index (χ0v) is 12.2. The molecule has 3 rings (SSSR count). The van der Waals surface area contributed by atoms with Crippen LogP contribution >= 0.6 is 0 Å². The number of ether oxygens (including phenoxy) is 1. The second-order valence-electron chi connectivity index (χ2n) is 5.30. The van der Waals surface area contributed by atoms with Crippen molar-refractivity contribution in [2.24, 2.45) is 5.92 Å². The topological polar surface area (TPSA) is 74.9 Å². The van der Waals surface area contributed by atoms with E-state index >= 15 is 0 Å². The minimum atomic E-state index is 0.349. The highest BCUT2D eigenvalue weighted by atomic mass is 16.5. The first-order valence-corrected chi connectivity index (χ1v) is 7.38. The van der Waals surface area contributed by atoms with Gasteiger partial charge in [0.05, 0.1) is 6.61 Å². The van der Waals surface area contributed by atoms with Crippen molar-refractivity contribution in [3.05, 3.63) is 42.2 Å². The van der Waals surface area contributed by atoms with E-state index in [1.54, 1.807) is 12.3 Å². The molecule has 2 aromatic heterocycles. The minimum Gasteiger partial charge on any atom is -0.477 e. The van der Waals surface area contributed by atoms with Crippen molar-refractivity contribution in [1.29, 1.82) is 5.26 Å². The maximum Gasteiger partial charge on any atom is 0.213 e. The molecular weight excluding hydrogens is 278 g/mol. The third-order valence-electron chi connectivity index (χ3n) is 3.81. The van der Waals surface area contributed by atoms with Crippen molar-refractivity contribution in [3.63, 3.8) is 0 Å². The minimum absolute atomic E-state index is 0.349. The largest absolute Gasteiger partial charge is 0.477 e. The summed E-state index contributed by atoms with van der Waals surface area (Å²) in [6.45, 7) is 2.55. The maximum atomic E-state index is 8.74. The fourth-order valence-electron chi connectivity index (χ4n) is 2.52. The SMILES string of the molecule is N#Cc1ccc(N2CCC(COc3ccccn3)CC2)nn1. The predicted octanol–water partition coefficient (Wildman–Crippen LogP) is 2.04. The molecule has 2 aromatic rings. The number of pyridine rings is 1. The Balaban J connectivity index is 1.48. The van der Waals surface area contributed by atoms with Gasteiger partial charge in [-0.15, -0.1) is 10.2 Å². The van der Waals surface area contributed by atoms with Crippen LogP contribution in [0.3, 0.4) is 0 Å². The Kier molecular flexibility index (Phi) is 4.44. The van der Waals surface area contributed by atoms with Gasteiger partial charge in [-0.1, -0.05) is 6.07 Å². The van der Waals surface area contributed by atoms with Gasteiger partial charge in [-0.3, -0.25) is 0 Å². The van der Waals surface area contributed by atoms with Crippen molar-refractivity contribution in [2.45, 2.75) is 12.8 Å². The number of hydrogen-bond donors (Lipinski definition) is 0. The van der Waals surface area contributed by atoms with Gasteiger partial charge in [0.15, 0.2) is 11.5 Å². The van der Waals surface area contributed by atoms with E-state index in [1.165, 1.54) is 0 Å². The van der Waals surface area contributed by atoms with Crippen molar-refractivity contribution in [1.82, 2.24) is 15.2 Å². The van der Waals surface area contributed by atoms with Gasteiger partial charge in [0.25, 0.3) is 0 Å². The molecule has 22 heavy (non-hydrogen) atoms. The Morgan fingerprint density at radius 1 is 1.18 bits per heavy atom. The van der Waals surface area contributed by atoms with Crippen LogP contribution in [0.2, 0.25) is 0 Å².